The Bertz CT molecular complexity index is 767. The van der Waals surface area contributed by atoms with E-state index in [9.17, 15) is 20.0 Å². The van der Waals surface area contributed by atoms with Gasteiger partial charge in [-0.05, 0) is 43.2 Å². The molecule has 0 fully saturated rings. The monoisotopic (exact) mass is 410 g/mol. The average molecular weight is 411 g/mol. The van der Waals surface area contributed by atoms with E-state index in [1.165, 1.54) is 36.4 Å². The first-order valence-electron chi connectivity index (χ1n) is 8.46. The van der Waals surface area contributed by atoms with Gasteiger partial charge in [-0.15, -0.1) is 12.4 Å². The summed E-state index contributed by atoms with van der Waals surface area (Å²) < 4.78 is 10.8. The molecule has 1 unspecified atom stereocenters. The normalized spacial score (nSPS) is 12.4. The van der Waals surface area contributed by atoms with Crippen molar-refractivity contribution >= 4 is 24.1 Å². The van der Waals surface area contributed by atoms with Crippen molar-refractivity contribution in [2.24, 2.45) is 5.73 Å². The zero-order valence-corrected chi connectivity index (χ0v) is 16.1. The van der Waals surface area contributed by atoms with E-state index in [1.807, 2.05) is 6.92 Å². The van der Waals surface area contributed by atoms with Crippen molar-refractivity contribution in [2.45, 2.75) is 31.9 Å². The minimum Gasteiger partial charge on any atom is -0.508 e. The van der Waals surface area contributed by atoms with E-state index in [0.29, 0.717) is 18.6 Å². The van der Waals surface area contributed by atoms with Gasteiger partial charge in [0.05, 0.1) is 17.6 Å². The standard InChI is InChI=1S/C19H22N2O6.ClH/c1-13(27-17-8-4-15(5-9-17)21(24)25)10-11-26-19(23)18(20)12-14-2-6-16(22)7-3-14;/h2-9,13,18,22H,10-12,20H2,1H3;1H/t13?,18-;/m0./s1. The van der Waals surface area contributed by atoms with Crippen molar-refractivity contribution in [1.29, 1.82) is 0 Å². The molecule has 0 heterocycles. The molecular weight excluding hydrogens is 388 g/mol. The summed E-state index contributed by atoms with van der Waals surface area (Å²) in [6, 6.07) is 11.4. The van der Waals surface area contributed by atoms with Gasteiger partial charge in [0, 0.05) is 18.6 Å². The number of nitrogens with two attached hydrogens (primary N) is 1. The first-order chi connectivity index (χ1) is 12.8. The molecule has 0 aliphatic carbocycles. The van der Waals surface area contributed by atoms with Crippen LogP contribution in [0.1, 0.15) is 18.9 Å². The number of nitro groups is 1. The third-order valence-corrected chi connectivity index (χ3v) is 3.85. The highest BCUT2D eigenvalue weighted by molar-refractivity contribution is 5.85. The Hall–Kier alpha value is -2.84. The predicted octanol–water partition coefficient (Wildman–Crippen LogP) is 2.99. The van der Waals surface area contributed by atoms with Crippen molar-refractivity contribution in [3.05, 3.63) is 64.2 Å². The van der Waals surface area contributed by atoms with Crippen LogP contribution in [0.25, 0.3) is 0 Å². The number of carbonyl (C=O) groups excluding carboxylic acids is 1. The summed E-state index contributed by atoms with van der Waals surface area (Å²) in [4.78, 5) is 22.1. The lowest BCUT2D eigenvalue weighted by Gasteiger charge is -2.16. The Balaban J connectivity index is 0.00000392. The molecule has 0 aliphatic heterocycles. The van der Waals surface area contributed by atoms with Crippen LogP contribution in [0.3, 0.4) is 0 Å². The van der Waals surface area contributed by atoms with E-state index in [4.69, 9.17) is 15.2 Å². The van der Waals surface area contributed by atoms with Crippen LogP contribution in [0, 0.1) is 10.1 Å². The van der Waals surface area contributed by atoms with E-state index in [-0.39, 0.29) is 36.6 Å². The van der Waals surface area contributed by atoms with E-state index >= 15 is 0 Å². The SMILES string of the molecule is CC(CCOC(=O)[C@@H](N)Cc1ccc(O)cc1)Oc1ccc([N+](=O)[O-])cc1.Cl. The molecule has 2 atom stereocenters. The van der Waals surface area contributed by atoms with E-state index in [2.05, 4.69) is 0 Å². The summed E-state index contributed by atoms with van der Waals surface area (Å²) in [5.74, 6) is 0.144. The highest BCUT2D eigenvalue weighted by Crippen LogP contribution is 2.19. The van der Waals surface area contributed by atoms with Crippen LogP contribution < -0.4 is 10.5 Å². The highest BCUT2D eigenvalue weighted by atomic mass is 35.5. The molecule has 2 aromatic rings. The molecule has 0 radical (unpaired) electrons. The van der Waals surface area contributed by atoms with E-state index in [0.717, 1.165) is 5.56 Å². The number of non-ortho nitro benzene ring substituents is 1. The van der Waals surface area contributed by atoms with Gasteiger partial charge in [-0.3, -0.25) is 14.9 Å². The number of rotatable bonds is 9. The molecule has 0 amide bonds. The van der Waals surface area contributed by atoms with E-state index < -0.39 is 16.9 Å². The largest absolute Gasteiger partial charge is 0.508 e. The number of benzene rings is 2. The van der Waals surface area contributed by atoms with Crippen molar-refractivity contribution < 1.29 is 24.3 Å². The van der Waals surface area contributed by atoms with Gasteiger partial charge >= 0.3 is 5.97 Å². The van der Waals surface area contributed by atoms with Crippen molar-refractivity contribution in [3.63, 3.8) is 0 Å². The minimum atomic E-state index is -0.791. The molecule has 2 aromatic carbocycles. The topological polar surface area (TPSA) is 125 Å². The molecule has 8 nitrogen and oxygen atoms in total. The lowest BCUT2D eigenvalue weighted by Crippen LogP contribution is -2.35. The van der Waals surface area contributed by atoms with Crippen LogP contribution in [0.4, 0.5) is 5.69 Å². The van der Waals surface area contributed by atoms with Crippen LogP contribution in [0.2, 0.25) is 0 Å². The maximum absolute atomic E-state index is 12.0. The number of carbonyl (C=O) groups is 1. The molecular formula is C19H23ClN2O6. The van der Waals surface area contributed by atoms with Gasteiger partial charge in [0.15, 0.2) is 0 Å². The first-order valence-corrected chi connectivity index (χ1v) is 8.46. The second-order valence-electron chi connectivity index (χ2n) is 6.11. The second kappa shape index (κ2) is 11.1. The molecule has 3 N–H and O–H groups in total. The van der Waals surface area contributed by atoms with Crippen LogP contribution in [-0.4, -0.2) is 34.8 Å². The minimum absolute atomic E-state index is 0. The fourth-order valence-corrected chi connectivity index (χ4v) is 2.34. The average Bonchev–Trinajstić information content (AvgIpc) is 2.64. The Kier molecular flexibility index (Phi) is 9.20. The smallest absolute Gasteiger partial charge is 0.323 e. The maximum atomic E-state index is 12.0. The fourth-order valence-electron chi connectivity index (χ4n) is 2.34. The summed E-state index contributed by atoms with van der Waals surface area (Å²) >= 11 is 0. The van der Waals surface area contributed by atoms with Crippen molar-refractivity contribution in [1.82, 2.24) is 0 Å². The van der Waals surface area contributed by atoms with Crippen LogP contribution in [0.15, 0.2) is 48.5 Å². The molecule has 0 aromatic heterocycles. The molecule has 2 rings (SSSR count). The summed E-state index contributed by atoms with van der Waals surface area (Å²) in [6.45, 7) is 1.96. The molecule has 152 valence electrons. The Labute approximate surface area is 168 Å². The van der Waals surface area contributed by atoms with Gasteiger partial charge in [0.25, 0.3) is 5.69 Å². The number of esters is 1. The number of hydrogen-bond acceptors (Lipinski definition) is 7. The van der Waals surface area contributed by atoms with Gasteiger partial charge in [0.2, 0.25) is 0 Å². The predicted molar refractivity (Wildman–Crippen MR) is 106 cm³/mol. The molecule has 0 saturated carbocycles. The number of ether oxygens (including phenoxy) is 2. The number of hydrogen-bond donors (Lipinski definition) is 2. The molecule has 0 saturated heterocycles. The molecule has 9 heteroatoms. The number of nitro benzene ring substituents is 1. The summed E-state index contributed by atoms with van der Waals surface area (Å²) in [6.07, 6.45) is 0.524. The van der Waals surface area contributed by atoms with Gasteiger partial charge in [-0.2, -0.15) is 0 Å². The highest BCUT2D eigenvalue weighted by Gasteiger charge is 2.16. The van der Waals surface area contributed by atoms with Crippen molar-refractivity contribution in [3.8, 4) is 11.5 Å². The summed E-state index contributed by atoms with van der Waals surface area (Å²) in [5, 5.41) is 19.9. The summed E-state index contributed by atoms with van der Waals surface area (Å²) in [5.41, 5.74) is 6.66. The molecule has 0 aliphatic rings. The Morgan fingerprint density at radius 2 is 1.79 bits per heavy atom. The molecule has 0 spiro atoms. The fraction of sp³-hybridized carbons (Fsp3) is 0.316. The second-order valence-corrected chi connectivity index (χ2v) is 6.11. The maximum Gasteiger partial charge on any atom is 0.323 e. The van der Waals surface area contributed by atoms with Gasteiger partial charge in [-0.25, -0.2) is 0 Å². The van der Waals surface area contributed by atoms with Crippen LogP contribution >= 0.6 is 12.4 Å². The third-order valence-electron chi connectivity index (χ3n) is 3.85. The van der Waals surface area contributed by atoms with Crippen molar-refractivity contribution in [2.75, 3.05) is 6.61 Å². The number of nitrogens with zero attached hydrogens (tertiary/aromatic N) is 1. The van der Waals surface area contributed by atoms with Gasteiger partial charge in [0.1, 0.15) is 17.5 Å². The van der Waals surface area contributed by atoms with Gasteiger partial charge in [-0.1, -0.05) is 12.1 Å². The number of aromatic hydroxyl groups is 1. The lowest BCUT2D eigenvalue weighted by atomic mass is 10.1. The van der Waals surface area contributed by atoms with E-state index in [1.54, 1.807) is 12.1 Å². The van der Waals surface area contributed by atoms with Gasteiger partial charge < -0.3 is 20.3 Å². The molecule has 0 bridgehead atoms. The van der Waals surface area contributed by atoms with Crippen LogP contribution in [0.5, 0.6) is 11.5 Å². The third kappa shape index (κ3) is 7.42. The number of phenolic OH excluding ortho intramolecular Hbond substituents is 1. The Morgan fingerprint density at radius 1 is 1.18 bits per heavy atom. The summed E-state index contributed by atoms with van der Waals surface area (Å²) in [7, 11) is 0. The Morgan fingerprint density at radius 3 is 2.36 bits per heavy atom. The number of halogens is 1. The lowest BCUT2D eigenvalue weighted by molar-refractivity contribution is -0.384. The zero-order valence-electron chi connectivity index (χ0n) is 15.3. The first kappa shape index (κ1) is 23.2. The molecule has 28 heavy (non-hydrogen) atoms. The zero-order chi connectivity index (χ0) is 19.8. The van der Waals surface area contributed by atoms with Crippen LogP contribution in [-0.2, 0) is 16.0 Å². The number of phenols is 1. The quantitative estimate of drug-likeness (QED) is 0.369.